The van der Waals surface area contributed by atoms with Crippen LogP contribution < -0.4 is 5.32 Å². The number of aromatic hydroxyl groups is 1. The van der Waals surface area contributed by atoms with Crippen molar-refractivity contribution >= 4 is 11.8 Å². The Labute approximate surface area is 155 Å². The van der Waals surface area contributed by atoms with Crippen molar-refractivity contribution < 1.29 is 19.4 Å². The van der Waals surface area contributed by atoms with E-state index in [0.29, 0.717) is 12.3 Å². The van der Waals surface area contributed by atoms with E-state index < -0.39 is 6.09 Å². The molecule has 0 spiro atoms. The summed E-state index contributed by atoms with van der Waals surface area (Å²) in [5.74, 6) is 0.240. The number of amides is 1. The highest BCUT2D eigenvalue weighted by Gasteiger charge is 2.23. The van der Waals surface area contributed by atoms with E-state index in [-0.39, 0.29) is 23.9 Å². The van der Waals surface area contributed by atoms with Crippen molar-refractivity contribution in [2.24, 2.45) is 0 Å². The minimum atomic E-state index is -0.503. The SMILES string of the molecule is CC(C)OCCOC(=O)Nc1cccc(C(C)(C)c2ccc(O)cc2)c1. The lowest BCUT2D eigenvalue weighted by atomic mass is 9.78. The number of hydrogen-bond donors (Lipinski definition) is 2. The number of phenols is 1. The van der Waals surface area contributed by atoms with Crippen LogP contribution in [0.1, 0.15) is 38.8 Å². The molecule has 0 heterocycles. The molecule has 0 radical (unpaired) electrons. The monoisotopic (exact) mass is 357 g/mol. The van der Waals surface area contributed by atoms with E-state index >= 15 is 0 Å². The molecular weight excluding hydrogens is 330 g/mol. The zero-order valence-electron chi connectivity index (χ0n) is 15.8. The summed E-state index contributed by atoms with van der Waals surface area (Å²) < 4.78 is 10.5. The molecule has 0 bridgehead atoms. The number of rotatable bonds is 7. The topological polar surface area (TPSA) is 67.8 Å². The van der Waals surface area contributed by atoms with Gasteiger partial charge in [0, 0.05) is 11.1 Å². The van der Waals surface area contributed by atoms with Gasteiger partial charge in [0.2, 0.25) is 0 Å². The second kappa shape index (κ2) is 8.72. The third kappa shape index (κ3) is 5.49. The number of benzene rings is 2. The van der Waals surface area contributed by atoms with Gasteiger partial charge in [0.05, 0.1) is 12.7 Å². The lowest BCUT2D eigenvalue weighted by Gasteiger charge is -2.26. The van der Waals surface area contributed by atoms with Crippen LogP contribution in [0.4, 0.5) is 10.5 Å². The molecule has 5 heteroatoms. The Morgan fingerprint density at radius 1 is 1.08 bits per heavy atom. The second-order valence-electron chi connectivity index (χ2n) is 6.93. The van der Waals surface area contributed by atoms with Crippen LogP contribution in [0.25, 0.3) is 0 Å². The molecule has 2 aromatic carbocycles. The molecule has 0 aliphatic heterocycles. The quantitative estimate of drug-likeness (QED) is 0.705. The molecule has 0 aliphatic rings. The predicted octanol–water partition coefficient (Wildman–Crippen LogP) is 4.69. The van der Waals surface area contributed by atoms with Crippen LogP contribution in [0.2, 0.25) is 0 Å². The average molecular weight is 357 g/mol. The molecule has 2 N–H and O–H groups in total. The first-order valence-corrected chi connectivity index (χ1v) is 8.74. The van der Waals surface area contributed by atoms with Gasteiger partial charge < -0.3 is 14.6 Å². The summed E-state index contributed by atoms with van der Waals surface area (Å²) in [5, 5.41) is 12.2. The van der Waals surface area contributed by atoms with Gasteiger partial charge in [-0.05, 0) is 49.2 Å². The van der Waals surface area contributed by atoms with Gasteiger partial charge in [-0.15, -0.1) is 0 Å². The predicted molar refractivity (Wildman–Crippen MR) is 103 cm³/mol. The van der Waals surface area contributed by atoms with Gasteiger partial charge in [-0.2, -0.15) is 0 Å². The van der Waals surface area contributed by atoms with Crippen LogP contribution in [-0.4, -0.2) is 30.5 Å². The van der Waals surface area contributed by atoms with Crippen LogP contribution >= 0.6 is 0 Å². The highest BCUT2D eigenvalue weighted by molar-refractivity contribution is 5.84. The Hall–Kier alpha value is -2.53. The van der Waals surface area contributed by atoms with Gasteiger partial charge in [-0.25, -0.2) is 4.79 Å². The van der Waals surface area contributed by atoms with Crippen molar-refractivity contribution in [2.45, 2.75) is 39.2 Å². The largest absolute Gasteiger partial charge is 0.508 e. The summed E-state index contributed by atoms with van der Waals surface area (Å²) in [6, 6.07) is 14.8. The van der Waals surface area contributed by atoms with Crippen molar-refractivity contribution in [2.75, 3.05) is 18.5 Å². The van der Waals surface area contributed by atoms with Crippen molar-refractivity contribution in [1.82, 2.24) is 0 Å². The van der Waals surface area contributed by atoms with Gasteiger partial charge in [0.15, 0.2) is 0 Å². The van der Waals surface area contributed by atoms with E-state index in [9.17, 15) is 9.90 Å². The van der Waals surface area contributed by atoms with Gasteiger partial charge in [-0.3, -0.25) is 5.32 Å². The number of anilines is 1. The van der Waals surface area contributed by atoms with E-state index in [2.05, 4.69) is 19.2 Å². The first kappa shape index (κ1) is 19.8. The molecule has 1 amide bonds. The molecule has 2 aromatic rings. The molecule has 0 atom stereocenters. The minimum Gasteiger partial charge on any atom is -0.508 e. The number of phenolic OH excluding ortho intramolecular Hbond substituents is 1. The molecule has 26 heavy (non-hydrogen) atoms. The Morgan fingerprint density at radius 3 is 2.42 bits per heavy atom. The van der Waals surface area contributed by atoms with Gasteiger partial charge in [0.1, 0.15) is 12.4 Å². The average Bonchev–Trinajstić information content (AvgIpc) is 2.59. The van der Waals surface area contributed by atoms with E-state index in [4.69, 9.17) is 9.47 Å². The normalized spacial score (nSPS) is 11.4. The third-order valence-corrected chi connectivity index (χ3v) is 4.19. The molecule has 0 aromatic heterocycles. The van der Waals surface area contributed by atoms with E-state index in [1.165, 1.54) is 0 Å². The van der Waals surface area contributed by atoms with E-state index in [1.54, 1.807) is 12.1 Å². The third-order valence-electron chi connectivity index (χ3n) is 4.19. The first-order chi connectivity index (χ1) is 12.3. The fraction of sp³-hybridized carbons (Fsp3) is 0.381. The fourth-order valence-electron chi connectivity index (χ4n) is 2.60. The smallest absolute Gasteiger partial charge is 0.411 e. The number of ether oxygens (including phenoxy) is 2. The Bertz CT molecular complexity index is 723. The molecule has 140 valence electrons. The Kier molecular flexibility index (Phi) is 6.64. The standard InChI is InChI=1S/C21H27NO4/c1-15(2)25-12-13-26-20(24)22-18-7-5-6-17(14-18)21(3,4)16-8-10-19(23)11-9-16/h5-11,14-15,23H,12-13H2,1-4H3,(H,22,24). The van der Waals surface area contributed by atoms with Crippen molar-refractivity contribution in [3.8, 4) is 5.75 Å². The van der Waals surface area contributed by atoms with Crippen LogP contribution in [0, 0.1) is 0 Å². The van der Waals surface area contributed by atoms with Gasteiger partial charge in [-0.1, -0.05) is 38.1 Å². The molecule has 0 saturated heterocycles. The Balaban J connectivity index is 2.02. The van der Waals surface area contributed by atoms with E-state index in [0.717, 1.165) is 11.1 Å². The van der Waals surface area contributed by atoms with Crippen molar-refractivity contribution in [3.05, 3.63) is 59.7 Å². The Morgan fingerprint density at radius 2 is 1.77 bits per heavy atom. The summed E-state index contributed by atoms with van der Waals surface area (Å²) in [5.41, 5.74) is 2.51. The lowest BCUT2D eigenvalue weighted by Crippen LogP contribution is -2.20. The van der Waals surface area contributed by atoms with Crippen LogP contribution in [0.15, 0.2) is 48.5 Å². The maximum Gasteiger partial charge on any atom is 0.411 e. The lowest BCUT2D eigenvalue weighted by molar-refractivity contribution is 0.0427. The highest BCUT2D eigenvalue weighted by Crippen LogP contribution is 2.33. The van der Waals surface area contributed by atoms with Crippen molar-refractivity contribution in [3.63, 3.8) is 0 Å². The van der Waals surface area contributed by atoms with E-state index in [1.807, 2.05) is 50.2 Å². The maximum atomic E-state index is 11.9. The zero-order valence-corrected chi connectivity index (χ0v) is 15.8. The van der Waals surface area contributed by atoms with Gasteiger partial charge in [0.25, 0.3) is 0 Å². The maximum absolute atomic E-state index is 11.9. The molecule has 2 rings (SSSR count). The molecule has 0 fully saturated rings. The second-order valence-corrected chi connectivity index (χ2v) is 6.93. The number of hydrogen-bond acceptors (Lipinski definition) is 4. The van der Waals surface area contributed by atoms with Crippen LogP contribution in [-0.2, 0) is 14.9 Å². The fourth-order valence-corrected chi connectivity index (χ4v) is 2.60. The number of carbonyl (C=O) groups is 1. The van der Waals surface area contributed by atoms with Crippen LogP contribution in [0.5, 0.6) is 5.75 Å². The minimum absolute atomic E-state index is 0.112. The molecule has 0 unspecified atom stereocenters. The molecule has 5 nitrogen and oxygen atoms in total. The van der Waals surface area contributed by atoms with Crippen molar-refractivity contribution in [1.29, 1.82) is 0 Å². The molecule has 0 aliphatic carbocycles. The summed E-state index contributed by atoms with van der Waals surface area (Å²) in [7, 11) is 0. The first-order valence-electron chi connectivity index (χ1n) is 8.74. The highest BCUT2D eigenvalue weighted by atomic mass is 16.6. The summed E-state index contributed by atoms with van der Waals surface area (Å²) in [4.78, 5) is 11.9. The molecular formula is C21H27NO4. The number of carbonyl (C=O) groups excluding carboxylic acids is 1. The summed E-state index contributed by atoms with van der Waals surface area (Å²) in [6.07, 6.45) is -0.391. The molecule has 0 saturated carbocycles. The number of nitrogens with one attached hydrogen (secondary N) is 1. The van der Waals surface area contributed by atoms with Crippen LogP contribution in [0.3, 0.4) is 0 Å². The summed E-state index contributed by atoms with van der Waals surface area (Å²) in [6.45, 7) is 8.64. The summed E-state index contributed by atoms with van der Waals surface area (Å²) >= 11 is 0. The zero-order chi connectivity index (χ0) is 19.2. The van der Waals surface area contributed by atoms with Gasteiger partial charge >= 0.3 is 6.09 Å².